The summed E-state index contributed by atoms with van der Waals surface area (Å²) in [5.74, 6) is -0.213. The van der Waals surface area contributed by atoms with E-state index in [9.17, 15) is 9.59 Å². The number of carbonyl (C=O) groups is 2. The quantitative estimate of drug-likeness (QED) is 0.670. The molecule has 1 heterocycles. The van der Waals surface area contributed by atoms with Crippen molar-refractivity contribution in [2.75, 3.05) is 26.7 Å². The topological polar surface area (TPSA) is 84.7 Å². The predicted molar refractivity (Wildman–Crippen MR) is 67.9 cm³/mol. The lowest BCUT2D eigenvalue weighted by atomic mass is 10.2. The van der Waals surface area contributed by atoms with Crippen molar-refractivity contribution >= 4 is 11.8 Å². The second kappa shape index (κ2) is 7.33. The predicted octanol–water partition coefficient (Wildman–Crippen LogP) is -0.523. The minimum absolute atomic E-state index is 0.0115. The molecule has 0 saturated carbocycles. The molecule has 1 fully saturated rings. The zero-order chi connectivity index (χ0) is 13.5. The number of hydrogen-bond acceptors (Lipinski definition) is 4. The number of nitrogens with one attached hydrogen (secondary N) is 1. The molecular weight excluding hydrogens is 234 g/mol. The maximum Gasteiger partial charge on any atom is 0.244 e. The Labute approximate surface area is 108 Å². The van der Waals surface area contributed by atoms with Gasteiger partial charge in [0.2, 0.25) is 11.8 Å². The number of hydrogen-bond donors (Lipinski definition) is 2. The number of nitrogens with zero attached hydrogens (tertiary/aromatic N) is 1. The number of nitrogens with two attached hydrogens (primary N) is 1. The van der Waals surface area contributed by atoms with E-state index in [1.54, 1.807) is 11.8 Å². The molecule has 0 bridgehead atoms. The third kappa shape index (κ3) is 4.27. The molecule has 6 nitrogen and oxygen atoms in total. The van der Waals surface area contributed by atoms with E-state index >= 15 is 0 Å². The smallest absolute Gasteiger partial charge is 0.244 e. The van der Waals surface area contributed by atoms with Crippen molar-refractivity contribution in [1.82, 2.24) is 10.2 Å². The average Bonchev–Trinajstić information content (AvgIpc) is 2.88. The van der Waals surface area contributed by atoms with Crippen molar-refractivity contribution in [1.29, 1.82) is 0 Å². The van der Waals surface area contributed by atoms with Crippen LogP contribution in [0.5, 0.6) is 0 Å². The highest BCUT2D eigenvalue weighted by Crippen LogP contribution is 2.09. The molecule has 18 heavy (non-hydrogen) atoms. The van der Waals surface area contributed by atoms with Crippen LogP contribution in [-0.4, -0.2) is 55.6 Å². The van der Waals surface area contributed by atoms with Gasteiger partial charge in [-0.2, -0.15) is 0 Å². The van der Waals surface area contributed by atoms with Gasteiger partial charge >= 0.3 is 0 Å². The van der Waals surface area contributed by atoms with Crippen LogP contribution < -0.4 is 11.1 Å². The van der Waals surface area contributed by atoms with E-state index in [0.717, 1.165) is 25.9 Å². The van der Waals surface area contributed by atoms with E-state index in [0.29, 0.717) is 6.54 Å². The Morgan fingerprint density at radius 2 is 2.00 bits per heavy atom. The molecule has 0 aromatic heterocycles. The van der Waals surface area contributed by atoms with Gasteiger partial charge in [0, 0.05) is 26.7 Å². The maximum absolute atomic E-state index is 12.0. The summed E-state index contributed by atoms with van der Waals surface area (Å²) in [4.78, 5) is 25.4. The lowest BCUT2D eigenvalue weighted by Crippen LogP contribution is -2.47. The Morgan fingerprint density at radius 3 is 2.50 bits per heavy atom. The molecule has 0 aromatic rings. The number of ether oxygens (including phenoxy) is 1. The zero-order valence-electron chi connectivity index (χ0n) is 11.1. The van der Waals surface area contributed by atoms with Crippen LogP contribution in [0.25, 0.3) is 0 Å². The van der Waals surface area contributed by atoms with Crippen LogP contribution in [0.4, 0.5) is 0 Å². The van der Waals surface area contributed by atoms with Crippen LogP contribution in [0.3, 0.4) is 0 Å². The second-order valence-electron chi connectivity index (χ2n) is 4.62. The molecule has 1 aliphatic rings. The summed E-state index contributed by atoms with van der Waals surface area (Å²) >= 11 is 0. The van der Waals surface area contributed by atoms with E-state index in [2.05, 4.69) is 5.32 Å². The lowest BCUT2D eigenvalue weighted by molar-refractivity contribution is -0.135. The van der Waals surface area contributed by atoms with Gasteiger partial charge in [-0.1, -0.05) is 0 Å². The molecular formula is C12H23N3O3. The molecule has 0 radical (unpaired) electrons. The van der Waals surface area contributed by atoms with E-state index < -0.39 is 6.04 Å². The molecule has 1 saturated heterocycles. The number of rotatable bonds is 6. The van der Waals surface area contributed by atoms with Gasteiger partial charge in [0.05, 0.1) is 12.5 Å². The summed E-state index contributed by atoms with van der Waals surface area (Å²) in [6.45, 7) is 3.59. The molecule has 2 amide bonds. The van der Waals surface area contributed by atoms with Gasteiger partial charge in [-0.3, -0.25) is 9.59 Å². The van der Waals surface area contributed by atoms with E-state index in [-0.39, 0.29) is 24.3 Å². The van der Waals surface area contributed by atoms with Gasteiger partial charge in [-0.25, -0.2) is 0 Å². The summed E-state index contributed by atoms with van der Waals surface area (Å²) in [6.07, 6.45) is 1.99. The van der Waals surface area contributed by atoms with Gasteiger partial charge in [-0.15, -0.1) is 0 Å². The van der Waals surface area contributed by atoms with Crippen LogP contribution in [0, 0.1) is 0 Å². The van der Waals surface area contributed by atoms with E-state index in [4.69, 9.17) is 10.5 Å². The Hall–Kier alpha value is -1.14. The van der Waals surface area contributed by atoms with Crippen molar-refractivity contribution < 1.29 is 14.3 Å². The van der Waals surface area contributed by atoms with Crippen LogP contribution in [-0.2, 0) is 14.3 Å². The number of likely N-dealkylation sites (tertiary alicyclic amines) is 1. The first-order valence-electron chi connectivity index (χ1n) is 6.39. The average molecular weight is 257 g/mol. The fourth-order valence-corrected chi connectivity index (χ4v) is 2.04. The molecule has 1 rings (SSSR count). The van der Waals surface area contributed by atoms with Crippen LogP contribution in [0.15, 0.2) is 0 Å². The molecule has 104 valence electrons. The third-order valence-corrected chi connectivity index (χ3v) is 3.17. The third-order valence-electron chi connectivity index (χ3n) is 3.17. The van der Waals surface area contributed by atoms with Crippen molar-refractivity contribution in [2.24, 2.45) is 5.73 Å². The number of carbonyl (C=O) groups excluding carboxylic acids is 2. The molecule has 0 aromatic carbocycles. The fourth-order valence-electron chi connectivity index (χ4n) is 2.04. The summed E-state index contributed by atoms with van der Waals surface area (Å²) in [6, 6.07) is -0.481. The first-order valence-corrected chi connectivity index (χ1v) is 6.39. The highest BCUT2D eigenvalue weighted by atomic mass is 16.5. The van der Waals surface area contributed by atoms with Gasteiger partial charge in [0.1, 0.15) is 6.04 Å². The van der Waals surface area contributed by atoms with E-state index in [1.165, 1.54) is 7.11 Å². The number of methoxy groups -OCH3 is 1. The van der Waals surface area contributed by atoms with Crippen molar-refractivity contribution in [3.05, 3.63) is 0 Å². The highest BCUT2D eigenvalue weighted by molar-refractivity contribution is 5.87. The molecule has 0 spiro atoms. The van der Waals surface area contributed by atoms with Crippen molar-refractivity contribution in [2.45, 2.75) is 38.3 Å². The zero-order valence-corrected chi connectivity index (χ0v) is 11.1. The summed E-state index contributed by atoms with van der Waals surface area (Å²) < 4.78 is 5.03. The first kappa shape index (κ1) is 14.9. The molecule has 1 aliphatic heterocycles. The Kier molecular flexibility index (Phi) is 6.07. The number of amides is 2. The molecule has 2 unspecified atom stereocenters. The van der Waals surface area contributed by atoms with Crippen LogP contribution >= 0.6 is 0 Å². The largest absolute Gasteiger partial charge is 0.380 e. The minimum Gasteiger partial charge on any atom is -0.380 e. The highest BCUT2D eigenvalue weighted by Gasteiger charge is 2.24. The minimum atomic E-state index is -0.481. The lowest BCUT2D eigenvalue weighted by Gasteiger charge is -2.22. The van der Waals surface area contributed by atoms with Gasteiger partial charge in [-0.05, 0) is 19.8 Å². The molecule has 0 aliphatic carbocycles. The van der Waals surface area contributed by atoms with Crippen LogP contribution in [0.1, 0.15) is 26.2 Å². The monoisotopic (exact) mass is 257 g/mol. The fraction of sp³-hybridized carbons (Fsp3) is 0.833. The maximum atomic E-state index is 12.0. The summed E-state index contributed by atoms with van der Waals surface area (Å²) in [5.41, 5.74) is 5.44. The van der Waals surface area contributed by atoms with E-state index in [1.807, 2.05) is 0 Å². The normalized spacial score (nSPS) is 18.5. The van der Waals surface area contributed by atoms with Crippen LogP contribution in [0.2, 0.25) is 0 Å². The van der Waals surface area contributed by atoms with Gasteiger partial charge in [0.15, 0.2) is 0 Å². The molecule has 3 N–H and O–H groups in total. The second-order valence-corrected chi connectivity index (χ2v) is 4.62. The SMILES string of the molecule is COC(CN)CC(=O)NC(C)C(=O)N1CCCC1. The molecule has 2 atom stereocenters. The van der Waals surface area contributed by atoms with Gasteiger partial charge < -0.3 is 20.7 Å². The van der Waals surface area contributed by atoms with Crippen molar-refractivity contribution in [3.8, 4) is 0 Å². The van der Waals surface area contributed by atoms with Gasteiger partial charge in [0.25, 0.3) is 0 Å². The Morgan fingerprint density at radius 1 is 1.39 bits per heavy atom. The summed E-state index contributed by atoms with van der Waals surface area (Å²) in [7, 11) is 1.52. The first-order chi connectivity index (χ1) is 8.58. The summed E-state index contributed by atoms with van der Waals surface area (Å²) in [5, 5.41) is 2.69. The molecule has 6 heteroatoms. The van der Waals surface area contributed by atoms with Crippen molar-refractivity contribution in [3.63, 3.8) is 0 Å². The Bertz CT molecular complexity index is 286. The standard InChI is InChI=1S/C12H23N3O3/c1-9(12(17)15-5-3-4-6-15)14-11(16)7-10(8-13)18-2/h9-10H,3-8,13H2,1-2H3,(H,14,16). The Balaban J connectivity index is 2.36.